The van der Waals surface area contributed by atoms with E-state index in [1.165, 1.54) is 44.1 Å². The fourth-order valence-electron chi connectivity index (χ4n) is 2.96. The van der Waals surface area contributed by atoms with E-state index >= 15 is 0 Å². The molecule has 1 N–H and O–H groups in total. The van der Waals surface area contributed by atoms with E-state index < -0.39 is 0 Å². The van der Waals surface area contributed by atoms with Crippen molar-refractivity contribution < 1.29 is 0 Å². The van der Waals surface area contributed by atoms with Crippen molar-refractivity contribution in [2.75, 3.05) is 6.54 Å². The molecule has 1 aromatic rings. The normalized spacial score (nSPS) is 24.1. The average molecular weight is 312 g/mol. The molecule has 0 saturated heterocycles. The van der Waals surface area contributed by atoms with Gasteiger partial charge in [-0.2, -0.15) is 11.8 Å². The van der Waals surface area contributed by atoms with Gasteiger partial charge in [-0.1, -0.05) is 62.4 Å². The van der Waals surface area contributed by atoms with Crippen LogP contribution in [0.15, 0.2) is 24.3 Å². The predicted octanol–water partition coefficient (Wildman–Crippen LogP) is 5.27. The highest BCUT2D eigenvalue weighted by Gasteiger charge is 2.22. The van der Waals surface area contributed by atoms with E-state index in [0.29, 0.717) is 6.04 Å². The Bertz CT molecular complexity index is 396. The van der Waals surface area contributed by atoms with Crippen LogP contribution >= 0.6 is 23.4 Å². The molecule has 1 nitrogen and oxygen atoms in total. The zero-order chi connectivity index (χ0) is 14.2. The van der Waals surface area contributed by atoms with Crippen molar-refractivity contribution in [3.8, 4) is 0 Å². The van der Waals surface area contributed by atoms with Crippen molar-refractivity contribution >= 4 is 23.4 Å². The maximum Gasteiger partial charge on any atom is 0.0446 e. The van der Waals surface area contributed by atoms with Crippen LogP contribution in [0, 0.1) is 0 Å². The summed E-state index contributed by atoms with van der Waals surface area (Å²) in [4.78, 5) is 0. The lowest BCUT2D eigenvalue weighted by Crippen LogP contribution is -2.38. The molecule has 0 aromatic heterocycles. The average Bonchev–Trinajstić information content (AvgIpc) is 2.43. The summed E-state index contributed by atoms with van der Waals surface area (Å²) in [6.07, 6.45) is 8.23. The fourth-order valence-corrected chi connectivity index (χ4v) is 4.68. The molecular weight excluding hydrogens is 286 g/mol. The molecule has 20 heavy (non-hydrogen) atoms. The Hall–Kier alpha value is -0.180. The van der Waals surface area contributed by atoms with Crippen molar-refractivity contribution in [3.63, 3.8) is 0 Å². The largest absolute Gasteiger partial charge is 0.313 e. The second-order valence-corrected chi connectivity index (χ2v) is 7.23. The third kappa shape index (κ3) is 4.98. The summed E-state index contributed by atoms with van der Waals surface area (Å²) in [5.74, 6) is 1.03. The van der Waals surface area contributed by atoms with Crippen LogP contribution in [-0.4, -0.2) is 17.8 Å². The Morgan fingerprint density at radius 2 is 1.90 bits per heavy atom. The first kappa shape index (κ1) is 16.2. The lowest BCUT2D eigenvalue weighted by Gasteiger charge is -2.29. The van der Waals surface area contributed by atoms with E-state index in [9.17, 15) is 0 Å². The topological polar surface area (TPSA) is 12.0 Å². The second-order valence-electron chi connectivity index (χ2n) is 5.60. The summed E-state index contributed by atoms with van der Waals surface area (Å²) in [7, 11) is 0. The monoisotopic (exact) mass is 311 g/mol. The summed E-state index contributed by atoms with van der Waals surface area (Å²) in [5.41, 5.74) is 1.27. The van der Waals surface area contributed by atoms with E-state index in [1.807, 2.05) is 12.1 Å². The number of rotatable bonds is 5. The molecule has 112 valence electrons. The first-order valence-electron chi connectivity index (χ1n) is 7.89. The maximum absolute atomic E-state index is 6.27. The van der Waals surface area contributed by atoms with Crippen LogP contribution in [0.25, 0.3) is 0 Å². The van der Waals surface area contributed by atoms with E-state index in [-0.39, 0.29) is 0 Å². The van der Waals surface area contributed by atoms with Gasteiger partial charge < -0.3 is 5.32 Å². The summed E-state index contributed by atoms with van der Waals surface area (Å²) in [6.45, 7) is 3.29. The van der Waals surface area contributed by atoms with Gasteiger partial charge in [0.2, 0.25) is 0 Å². The van der Waals surface area contributed by atoms with E-state index in [0.717, 1.165) is 22.6 Å². The number of hydrogen-bond acceptors (Lipinski definition) is 2. The van der Waals surface area contributed by atoms with Gasteiger partial charge in [-0.3, -0.25) is 0 Å². The Balaban J connectivity index is 1.94. The minimum Gasteiger partial charge on any atom is -0.313 e. The summed E-state index contributed by atoms with van der Waals surface area (Å²) in [6, 6.07) is 8.92. The first-order valence-corrected chi connectivity index (χ1v) is 9.32. The number of halogens is 1. The Kier molecular flexibility index (Phi) is 7.26. The molecule has 0 amide bonds. The molecule has 0 spiro atoms. The molecule has 2 atom stereocenters. The van der Waals surface area contributed by atoms with Gasteiger partial charge in [-0.25, -0.2) is 0 Å². The van der Waals surface area contributed by atoms with Crippen LogP contribution in [0.3, 0.4) is 0 Å². The SMILES string of the molecule is CCNC1CCCCCCC1SCc1ccccc1Cl. The predicted molar refractivity (Wildman–Crippen MR) is 91.7 cm³/mol. The Labute approximate surface area is 132 Å². The highest BCUT2D eigenvalue weighted by atomic mass is 35.5. The highest BCUT2D eigenvalue weighted by Crippen LogP contribution is 2.31. The number of hydrogen-bond donors (Lipinski definition) is 1. The number of thioether (sulfide) groups is 1. The summed E-state index contributed by atoms with van der Waals surface area (Å²) >= 11 is 8.36. The van der Waals surface area contributed by atoms with Crippen LogP contribution in [0.4, 0.5) is 0 Å². The van der Waals surface area contributed by atoms with E-state index in [1.54, 1.807) is 0 Å². The molecule has 0 aliphatic heterocycles. The lowest BCUT2D eigenvalue weighted by atomic mass is 9.96. The third-order valence-corrected chi connectivity index (χ3v) is 5.92. The van der Waals surface area contributed by atoms with Crippen molar-refractivity contribution in [1.82, 2.24) is 5.32 Å². The fraction of sp³-hybridized carbons (Fsp3) is 0.647. The molecule has 0 bridgehead atoms. The second kappa shape index (κ2) is 8.96. The molecule has 3 heteroatoms. The minimum atomic E-state index is 0.674. The molecule has 0 radical (unpaired) electrons. The molecule has 2 rings (SSSR count). The summed E-state index contributed by atoms with van der Waals surface area (Å²) < 4.78 is 0. The minimum absolute atomic E-state index is 0.674. The third-order valence-electron chi connectivity index (χ3n) is 4.08. The first-order chi connectivity index (χ1) is 9.81. The zero-order valence-corrected chi connectivity index (χ0v) is 14.0. The van der Waals surface area contributed by atoms with Crippen LogP contribution in [0.1, 0.15) is 51.0 Å². The van der Waals surface area contributed by atoms with Gasteiger partial charge in [-0.15, -0.1) is 0 Å². The molecule has 1 fully saturated rings. The van der Waals surface area contributed by atoms with Crippen molar-refractivity contribution in [3.05, 3.63) is 34.9 Å². The quantitative estimate of drug-likeness (QED) is 0.794. The van der Waals surface area contributed by atoms with Gasteiger partial charge >= 0.3 is 0 Å². The van der Waals surface area contributed by atoms with Gasteiger partial charge in [0.25, 0.3) is 0 Å². The van der Waals surface area contributed by atoms with Crippen LogP contribution in [0.5, 0.6) is 0 Å². The van der Waals surface area contributed by atoms with Gasteiger partial charge in [0.15, 0.2) is 0 Å². The molecule has 1 aliphatic rings. The smallest absolute Gasteiger partial charge is 0.0446 e. The van der Waals surface area contributed by atoms with Gasteiger partial charge in [0.1, 0.15) is 0 Å². The standard InChI is InChI=1S/C17H26ClNS/c1-2-19-16-11-5-3-4-6-12-17(16)20-13-14-9-7-8-10-15(14)18/h7-10,16-17,19H,2-6,11-13H2,1H3. The number of nitrogens with one attached hydrogen (secondary N) is 1. The van der Waals surface area contributed by atoms with E-state index in [2.05, 4.69) is 36.1 Å². The van der Waals surface area contributed by atoms with E-state index in [4.69, 9.17) is 11.6 Å². The van der Waals surface area contributed by atoms with Crippen LogP contribution in [0.2, 0.25) is 5.02 Å². The van der Waals surface area contributed by atoms with Crippen molar-refractivity contribution in [1.29, 1.82) is 0 Å². The highest BCUT2D eigenvalue weighted by molar-refractivity contribution is 7.99. The summed E-state index contributed by atoms with van der Waals surface area (Å²) in [5, 5.41) is 5.34. The molecule has 1 aliphatic carbocycles. The van der Waals surface area contributed by atoms with Crippen molar-refractivity contribution in [2.24, 2.45) is 0 Å². The van der Waals surface area contributed by atoms with Crippen LogP contribution in [-0.2, 0) is 5.75 Å². The molecule has 1 saturated carbocycles. The molecule has 0 heterocycles. The van der Waals surface area contributed by atoms with Gasteiger partial charge in [0.05, 0.1) is 0 Å². The molecule has 1 aromatic carbocycles. The maximum atomic E-state index is 6.27. The number of benzene rings is 1. The Morgan fingerprint density at radius 3 is 2.65 bits per heavy atom. The zero-order valence-electron chi connectivity index (χ0n) is 12.4. The molecule has 2 unspecified atom stereocenters. The molecular formula is C17H26ClNS. The van der Waals surface area contributed by atoms with Crippen molar-refractivity contribution in [2.45, 2.75) is 62.5 Å². The van der Waals surface area contributed by atoms with Gasteiger partial charge in [0, 0.05) is 22.1 Å². The lowest BCUT2D eigenvalue weighted by molar-refractivity contribution is 0.406. The van der Waals surface area contributed by atoms with Crippen LogP contribution < -0.4 is 5.32 Å². The van der Waals surface area contributed by atoms with Gasteiger partial charge in [-0.05, 0) is 31.0 Å². The Morgan fingerprint density at radius 1 is 1.15 bits per heavy atom.